The van der Waals surface area contributed by atoms with Gasteiger partial charge in [0.05, 0.1) is 22.4 Å². The Labute approximate surface area is 229 Å². The second kappa shape index (κ2) is 11.7. The van der Waals surface area contributed by atoms with Crippen molar-refractivity contribution in [2.24, 2.45) is 0 Å². The Morgan fingerprint density at radius 1 is 1.13 bits per heavy atom. The Balaban J connectivity index is 1.90. The lowest BCUT2D eigenvalue weighted by Crippen LogP contribution is -2.42. The van der Waals surface area contributed by atoms with Gasteiger partial charge in [-0.25, -0.2) is 4.68 Å². The third kappa shape index (κ3) is 6.13. The Bertz CT molecular complexity index is 1290. The molecule has 2 amide bonds. The summed E-state index contributed by atoms with van der Waals surface area (Å²) in [4.78, 5) is 28.4. The average Bonchev–Trinajstić information content (AvgIpc) is 3.20. The van der Waals surface area contributed by atoms with Gasteiger partial charge in [-0.1, -0.05) is 68.3 Å². The number of aryl methyl sites for hydroxylation is 2. The molecule has 202 valence electrons. The van der Waals surface area contributed by atoms with Crippen molar-refractivity contribution in [2.75, 3.05) is 37.5 Å². The number of thioether (sulfide) groups is 1. The minimum absolute atomic E-state index is 0.0684. The highest BCUT2D eigenvalue weighted by molar-refractivity contribution is 8.00. The van der Waals surface area contributed by atoms with Gasteiger partial charge in [-0.05, 0) is 38.0 Å². The molecule has 2 aromatic carbocycles. The molecule has 0 aliphatic carbocycles. The normalized spacial score (nSPS) is 15.8. The molecule has 0 radical (unpaired) electrons. The van der Waals surface area contributed by atoms with Crippen LogP contribution in [0, 0.1) is 13.8 Å². The van der Waals surface area contributed by atoms with Crippen LogP contribution in [-0.4, -0.2) is 54.2 Å². The molecular weight excluding hydrogens is 496 g/mol. The number of carbonyl (C=O) groups excluding carboxylic acids is 2. The molecule has 0 fully saturated rings. The van der Waals surface area contributed by atoms with E-state index in [1.165, 1.54) is 0 Å². The van der Waals surface area contributed by atoms with Gasteiger partial charge in [-0.15, -0.1) is 11.8 Å². The summed E-state index contributed by atoms with van der Waals surface area (Å²) in [6.45, 7) is 11.6. The lowest BCUT2D eigenvalue weighted by molar-refractivity contribution is -0.122. The summed E-state index contributed by atoms with van der Waals surface area (Å²) in [6.07, 6.45) is 0.711. The second-order valence-corrected chi connectivity index (χ2v) is 12.0. The summed E-state index contributed by atoms with van der Waals surface area (Å²) in [6, 6.07) is 16.6. The maximum atomic E-state index is 13.7. The van der Waals surface area contributed by atoms with Gasteiger partial charge in [-0.3, -0.25) is 14.5 Å². The van der Waals surface area contributed by atoms with E-state index < -0.39 is 0 Å². The molecule has 7 nitrogen and oxygen atoms in total. The highest BCUT2D eigenvalue weighted by atomic mass is 32.2. The van der Waals surface area contributed by atoms with Crippen molar-refractivity contribution in [1.82, 2.24) is 15.1 Å². The van der Waals surface area contributed by atoms with E-state index in [0.29, 0.717) is 25.4 Å². The number of rotatable bonds is 8. The lowest BCUT2D eigenvalue weighted by Gasteiger charge is -2.24. The van der Waals surface area contributed by atoms with Gasteiger partial charge in [-0.2, -0.15) is 5.10 Å². The van der Waals surface area contributed by atoms with Gasteiger partial charge >= 0.3 is 0 Å². The van der Waals surface area contributed by atoms with Gasteiger partial charge in [0.15, 0.2) is 0 Å². The highest BCUT2D eigenvalue weighted by Crippen LogP contribution is 2.48. The van der Waals surface area contributed by atoms with Crippen LogP contribution in [0.5, 0.6) is 0 Å². The van der Waals surface area contributed by atoms with Crippen LogP contribution in [0.2, 0.25) is 0 Å². The number of hydrogen-bond acceptors (Lipinski definition) is 5. The van der Waals surface area contributed by atoms with Crippen molar-refractivity contribution in [3.63, 3.8) is 0 Å². The molecule has 1 N–H and O–H groups in total. The van der Waals surface area contributed by atoms with E-state index in [1.807, 2.05) is 35.9 Å². The predicted molar refractivity (Wildman–Crippen MR) is 154 cm³/mol. The molecule has 4 rings (SSSR count). The Morgan fingerprint density at radius 3 is 2.53 bits per heavy atom. The number of amides is 2. The molecule has 1 atom stereocenters. The minimum atomic E-state index is -0.288. The van der Waals surface area contributed by atoms with Gasteiger partial charge < -0.3 is 10.1 Å². The van der Waals surface area contributed by atoms with Crippen LogP contribution in [0.4, 0.5) is 5.82 Å². The van der Waals surface area contributed by atoms with E-state index in [0.717, 1.165) is 33.6 Å². The van der Waals surface area contributed by atoms with Gasteiger partial charge in [0.2, 0.25) is 11.8 Å². The Hall–Kier alpha value is -3.10. The van der Waals surface area contributed by atoms with Crippen molar-refractivity contribution < 1.29 is 14.3 Å². The molecule has 3 aromatic rings. The molecule has 0 saturated carbocycles. The van der Waals surface area contributed by atoms with Crippen molar-refractivity contribution in [3.05, 3.63) is 76.5 Å². The number of ether oxygens (including phenoxy) is 1. The molecular formula is C30H38N4O3S. The molecule has 1 aromatic heterocycles. The molecule has 0 spiro atoms. The van der Waals surface area contributed by atoms with Crippen molar-refractivity contribution in [1.29, 1.82) is 0 Å². The van der Waals surface area contributed by atoms with Crippen LogP contribution in [0.25, 0.3) is 5.69 Å². The summed E-state index contributed by atoms with van der Waals surface area (Å²) in [5.74, 6) is 0.634. The third-order valence-corrected chi connectivity index (χ3v) is 7.83. The summed E-state index contributed by atoms with van der Waals surface area (Å²) in [5, 5.41) is 7.98. The number of carbonyl (C=O) groups is 2. The fourth-order valence-electron chi connectivity index (χ4n) is 4.68. The smallest absolute Gasteiger partial charge is 0.240 e. The monoisotopic (exact) mass is 534 g/mol. The third-order valence-electron chi connectivity index (χ3n) is 6.57. The molecule has 1 unspecified atom stereocenters. The van der Waals surface area contributed by atoms with E-state index in [1.54, 1.807) is 23.8 Å². The first-order valence-corrected chi connectivity index (χ1v) is 14.1. The van der Waals surface area contributed by atoms with Gasteiger partial charge in [0.25, 0.3) is 0 Å². The fraction of sp³-hybridized carbons (Fsp3) is 0.433. The molecule has 38 heavy (non-hydrogen) atoms. The number of benzene rings is 2. The van der Waals surface area contributed by atoms with Crippen molar-refractivity contribution >= 4 is 29.4 Å². The van der Waals surface area contributed by atoms with Crippen molar-refractivity contribution in [3.8, 4) is 5.69 Å². The van der Waals surface area contributed by atoms with E-state index in [-0.39, 0.29) is 34.8 Å². The summed E-state index contributed by atoms with van der Waals surface area (Å²) in [5.41, 5.74) is 5.91. The summed E-state index contributed by atoms with van der Waals surface area (Å²) in [7, 11) is 1.64. The number of methoxy groups -OCH3 is 1. The first-order valence-electron chi connectivity index (χ1n) is 13.0. The lowest BCUT2D eigenvalue weighted by atomic mass is 9.87. The number of fused-ring (bicyclic) bond motifs is 1. The first-order chi connectivity index (χ1) is 18.1. The van der Waals surface area contributed by atoms with Crippen LogP contribution in [0.15, 0.2) is 48.5 Å². The zero-order chi connectivity index (χ0) is 27.4. The molecule has 0 saturated heterocycles. The molecule has 1 aliphatic heterocycles. The van der Waals surface area contributed by atoms with Crippen LogP contribution in [0.1, 0.15) is 60.4 Å². The summed E-state index contributed by atoms with van der Waals surface area (Å²) < 4.78 is 6.95. The van der Waals surface area contributed by atoms with E-state index in [2.05, 4.69) is 57.3 Å². The van der Waals surface area contributed by atoms with Crippen molar-refractivity contribution in [2.45, 2.75) is 51.7 Å². The van der Waals surface area contributed by atoms with Gasteiger partial charge in [0.1, 0.15) is 12.4 Å². The summed E-state index contributed by atoms with van der Waals surface area (Å²) >= 11 is 1.60. The fourth-order valence-corrected chi connectivity index (χ4v) is 5.87. The number of anilines is 1. The van der Waals surface area contributed by atoms with E-state index in [4.69, 9.17) is 9.84 Å². The molecule has 2 heterocycles. The zero-order valence-electron chi connectivity index (χ0n) is 23.2. The topological polar surface area (TPSA) is 76.5 Å². The van der Waals surface area contributed by atoms with E-state index in [9.17, 15) is 9.59 Å². The predicted octanol–water partition coefficient (Wildman–Crippen LogP) is 5.11. The number of aromatic nitrogens is 2. The number of nitrogens with one attached hydrogen (secondary N) is 1. The van der Waals surface area contributed by atoms with Crippen LogP contribution in [-0.2, 0) is 19.7 Å². The number of nitrogens with zero attached hydrogens (tertiary/aromatic N) is 3. The Kier molecular flexibility index (Phi) is 8.63. The minimum Gasteiger partial charge on any atom is -0.385 e. The van der Waals surface area contributed by atoms with Gasteiger partial charge in [0, 0.05) is 31.2 Å². The van der Waals surface area contributed by atoms with Crippen LogP contribution >= 0.6 is 11.8 Å². The Morgan fingerprint density at radius 2 is 1.87 bits per heavy atom. The largest absolute Gasteiger partial charge is 0.385 e. The zero-order valence-corrected chi connectivity index (χ0v) is 24.0. The average molecular weight is 535 g/mol. The molecule has 0 bridgehead atoms. The quantitative estimate of drug-likeness (QED) is 0.407. The SMILES string of the molecule is COCCCNC(=O)CN1C(=O)CSC(c2cccc(C)c2)c2c(C(C)(C)C)nn(-c3ccc(C)cc3)c21. The van der Waals surface area contributed by atoms with Crippen LogP contribution in [0.3, 0.4) is 0 Å². The maximum absolute atomic E-state index is 13.7. The maximum Gasteiger partial charge on any atom is 0.240 e. The molecule has 8 heteroatoms. The highest BCUT2D eigenvalue weighted by Gasteiger charge is 2.39. The standard InChI is InChI=1S/C30H38N4O3S/c1-20-11-13-23(14-12-20)34-29-26(28(32-34)30(3,4)5)27(22-10-7-9-21(2)17-22)38-19-25(36)33(29)18-24(35)31-15-8-16-37-6/h7,9-14,17,27H,8,15-16,18-19H2,1-6H3,(H,31,35). The second-order valence-electron chi connectivity index (χ2n) is 10.9. The molecule has 1 aliphatic rings. The number of hydrogen-bond donors (Lipinski definition) is 1. The first kappa shape index (κ1) is 27.9. The van der Waals surface area contributed by atoms with Crippen LogP contribution < -0.4 is 10.2 Å². The van der Waals surface area contributed by atoms with E-state index >= 15 is 0 Å².